The lowest BCUT2D eigenvalue weighted by molar-refractivity contribution is -0.133. The molecule has 2 atom stereocenters. The van der Waals surface area contributed by atoms with Crippen molar-refractivity contribution in [3.63, 3.8) is 0 Å². The quantitative estimate of drug-likeness (QED) is 0.414. The molecule has 0 bridgehead atoms. The molecule has 0 saturated carbocycles. The van der Waals surface area contributed by atoms with Gasteiger partial charge in [0.15, 0.2) is 0 Å². The minimum atomic E-state index is -0.197. The zero-order valence-corrected chi connectivity index (χ0v) is 19.4. The van der Waals surface area contributed by atoms with Crippen molar-refractivity contribution in [2.75, 3.05) is 24.5 Å². The Morgan fingerprint density at radius 3 is 2.26 bits per heavy atom. The minimum Gasteiger partial charge on any atom is -0.360 e. The molecule has 0 aliphatic carbocycles. The van der Waals surface area contributed by atoms with Gasteiger partial charge < -0.3 is 9.80 Å². The van der Waals surface area contributed by atoms with Gasteiger partial charge in [0, 0.05) is 29.7 Å². The molecular formula is C25H23Cl3N2O. The largest absolute Gasteiger partial charge is 0.360 e. The number of carbonyl (C=O) groups is 1. The number of hydrogen-bond donors (Lipinski definition) is 0. The summed E-state index contributed by atoms with van der Waals surface area (Å²) in [6.45, 7) is 3.83. The fraction of sp³-hybridized carbons (Fsp3) is 0.240. The lowest BCUT2D eigenvalue weighted by Crippen LogP contribution is -2.51. The number of rotatable bonds is 4. The Balaban J connectivity index is 1.64. The third-order valence-corrected chi connectivity index (χ3v) is 6.63. The molecule has 1 aliphatic heterocycles. The van der Waals surface area contributed by atoms with Gasteiger partial charge in [-0.3, -0.25) is 4.79 Å². The number of halogens is 3. The van der Waals surface area contributed by atoms with Crippen LogP contribution in [0.25, 0.3) is 0 Å². The maximum absolute atomic E-state index is 13.3. The minimum absolute atomic E-state index is 0.0448. The van der Waals surface area contributed by atoms with Crippen LogP contribution in [0, 0.1) is 0 Å². The van der Waals surface area contributed by atoms with Gasteiger partial charge in [-0.25, -0.2) is 0 Å². The maximum atomic E-state index is 13.3. The van der Waals surface area contributed by atoms with Crippen LogP contribution in [0.5, 0.6) is 0 Å². The van der Waals surface area contributed by atoms with E-state index >= 15 is 0 Å². The Hall–Kier alpha value is -2.20. The third-order valence-electron chi connectivity index (χ3n) is 5.84. The van der Waals surface area contributed by atoms with Crippen LogP contribution in [0.1, 0.15) is 30.0 Å². The van der Waals surface area contributed by atoms with Crippen LogP contribution in [-0.4, -0.2) is 30.4 Å². The topological polar surface area (TPSA) is 23.6 Å². The SMILES string of the molecule is C[C@H](C(=O)N1CCN(c2ccc(Cl)cc2Cl)C(c2ccc(Cl)cc2)C1)c1ccccc1. The van der Waals surface area contributed by atoms with Crippen LogP contribution >= 0.6 is 34.8 Å². The van der Waals surface area contributed by atoms with Crippen LogP contribution in [0.2, 0.25) is 15.1 Å². The van der Waals surface area contributed by atoms with E-state index in [4.69, 9.17) is 34.8 Å². The number of anilines is 1. The van der Waals surface area contributed by atoms with Crippen LogP contribution in [0.15, 0.2) is 72.8 Å². The average Bonchev–Trinajstić information content (AvgIpc) is 2.79. The standard InChI is InChI=1S/C25H23Cl3N2O/c1-17(18-5-3-2-4-6-18)25(31)29-13-14-30(23-12-11-21(27)15-22(23)28)24(16-29)19-7-9-20(26)10-8-19/h2-12,15,17,24H,13-14,16H2,1H3/t17-,24?/m0/s1. The van der Waals surface area contributed by atoms with E-state index < -0.39 is 0 Å². The summed E-state index contributed by atoms with van der Waals surface area (Å²) in [5, 5.41) is 1.88. The molecule has 1 aliphatic rings. The summed E-state index contributed by atoms with van der Waals surface area (Å²) in [4.78, 5) is 17.5. The van der Waals surface area contributed by atoms with E-state index in [1.807, 2.05) is 78.6 Å². The molecule has 3 aromatic carbocycles. The molecule has 160 valence electrons. The lowest BCUT2D eigenvalue weighted by atomic mass is 9.97. The van der Waals surface area contributed by atoms with E-state index in [1.165, 1.54) is 0 Å². The zero-order valence-electron chi connectivity index (χ0n) is 17.1. The Morgan fingerprint density at radius 1 is 0.903 bits per heavy atom. The Kier molecular flexibility index (Phi) is 6.76. The summed E-state index contributed by atoms with van der Waals surface area (Å²) < 4.78 is 0. The molecule has 0 aromatic heterocycles. The molecule has 3 aromatic rings. The van der Waals surface area contributed by atoms with Gasteiger partial charge in [-0.05, 0) is 48.4 Å². The number of hydrogen-bond acceptors (Lipinski definition) is 2. The summed E-state index contributed by atoms with van der Waals surface area (Å²) in [7, 11) is 0. The van der Waals surface area contributed by atoms with Crippen LogP contribution < -0.4 is 4.90 Å². The van der Waals surface area contributed by atoms with Crippen molar-refractivity contribution in [2.24, 2.45) is 0 Å². The maximum Gasteiger partial charge on any atom is 0.229 e. The number of piperazine rings is 1. The Bertz CT molecular complexity index is 1060. The normalized spacial score (nSPS) is 17.5. The fourth-order valence-corrected chi connectivity index (χ4v) is 4.76. The van der Waals surface area contributed by atoms with Crippen LogP contribution in [0.4, 0.5) is 5.69 Å². The summed E-state index contributed by atoms with van der Waals surface area (Å²) >= 11 is 18.8. The van der Waals surface area contributed by atoms with Gasteiger partial charge in [-0.15, -0.1) is 0 Å². The number of carbonyl (C=O) groups excluding carboxylic acids is 1. The number of nitrogens with zero attached hydrogens (tertiary/aromatic N) is 2. The molecule has 31 heavy (non-hydrogen) atoms. The van der Waals surface area contributed by atoms with Gasteiger partial charge in [0.2, 0.25) is 5.91 Å². The highest BCUT2D eigenvalue weighted by atomic mass is 35.5. The van der Waals surface area contributed by atoms with Crippen LogP contribution in [0.3, 0.4) is 0 Å². The van der Waals surface area contributed by atoms with E-state index in [2.05, 4.69) is 4.90 Å². The monoisotopic (exact) mass is 472 g/mol. The summed E-state index contributed by atoms with van der Waals surface area (Å²) in [5.41, 5.74) is 3.02. The smallest absolute Gasteiger partial charge is 0.229 e. The molecule has 0 radical (unpaired) electrons. The fourth-order valence-electron chi connectivity index (χ4n) is 4.11. The summed E-state index contributed by atoms with van der Waals surface area (Å²) in [5.74, 6) is -0.0650. The second-order valence-corrected chi connectivity index (χ2v) is 9.05. The molecule has 1 saturated heterocycles. The average molecular weight is 474 g/mol. The highest BCUT2D eigenvalue weighted by molar-refractivity contribution is 6.36. The molecule has 1 heterocycles. The second kappa shape index (κ2) is 9.52. The van der Waals surface area contributed by atoms with E-state index in [9.17, 15) is 4.79 Å². The first-order chi connectivity index (χ1) is 14.9. The number of benzene rings is 3. The van der Waals surface area contributed by atoms with E-state index in [-0.39, 0.29) is 17.9 Å². The van der Waals surface area contributed by atoms with Crippen molar-refractivity contribution in [1.82, 2.24) is 4.90 Å². The first-order valence-electron chi connectivity index (χ1n) is 10.2. The first kappa shape index (κ1) is 22.0. The highest BCUT2D eigenvalue weighted by Gasteiger charge is 2.33. The highest BCUT2D eigenvalue weighted by Crippen LogP contribution is 2.37. The van der Waals surface area contributed by atoms with Crippen LogP contribution in [-0.2, 0) is 4.79 Å². The van der Waals surface area contributed by atoms with Gasteiger partial charge in [0.05, 0.1) is 22.7 Å². The first-order valence-corrected chi connectivity index (χ1v) is 11.4. The third kappa shape index (κ3) is 4.85. The lowest BCUT2D eigenvalue weighted by Gasteiger charge is -2.44. The molecule has 0 spiro atoms. The van der Waals surface area contributed by atoms with Gasteiger partial charge in [0.25, 0.3) is 0 Å². The van der Waals surface area contributed by atoms with Gasteiger partial charge >= 0.3 is 0 Å². The predicted octanol–water partition coefficient (Wildman–Crippen LogP) is 6.84. The van der Waals surface area contributed by atoms with Gasteiger partial charge in [0.1, 0.15) is 0 Å². The van der Waals surface area contributed by atoms with E-state index in [0.29, 0.717) is 34.7 Å². The molecule has 6 heteroatoms. The van der Waals surface area contributed by atoms with E-state index in [0.717, 1.165) is 16.8 Å². The van der Waals surface area contributed by atoms with Crippen molar-refractivity contribution in [3.8, 4) is 0 Å². The Labute approximate surface area is 198 Å². The molecular weight excluding hydrogens is 451 g/mol. The summed E-state index contributed by atoms with van der Waals surface area (Å²) in [6, 6.07) is 23.2. The predicted molar refractivity (Wildman–Crippen MR) is 129 cm³/mol. The molecule has 0 N–H and O–H groups in total. The van der Waals surface area contributed by atoms with Gasteiger partial charge in [-0.2, -0.15) is 0 Å². The van der Waals surface area contributed by atoms with Crippen molar-refractivity contribution >= 4 is 46.4 Å². The van der Waals surface area contributed by atoms with Crippen molar-refractivity contribution < 1.29 is 4.79 Å². The van der Waals surface area contributed by atoms with Crippen molar-refractivity contribution in [1.29, 1.82) is 0 Å². The molecule has 4 rings (SSSR count). The number of amides is 1. The van der Waals surface area contributed by atoms with Gasteiger partial charge in [-0.1, -0.05) is 77.3 Å². The second-order valence-electron chi connectivity index (χ2n) is 7.77. The zero-order chi connectivity index (χ0) is 22.0. The molecule has 1 unspecified atom stereocenters. The molecule has 3 nitrogen and oxygen atoms in total. The Morgan fingerprint density at radius 2 is 1.58 bits per heavy atom. The molecule has 1 fully saturated rings. The van der Waals surface area contributed by atoms with Crippen molar-refractivity contribution in [3.05, 3.63) is 99.0 Å². The van der Waals surface area contributed by atoms with Crippen molar-refractivity contribution in [2.45, 2.75) is 18.9 Å². The molecule has 1 amide bonds. The summed E-state index contributed by atoms with van der Waals surface area (Å²) in [6.07, 6.45) is 0. The van der Waals surface area contributed by atoms with E-state index in [1.54, 1.807) is 6.07 Å².